The molecule has 3 aromatic rings. The van der Waals surface area contributed by atoms with Gasteiger partial charge in [-0.25, -0.2) is 0 Å². The fourth-order valence-corrected chi connectivity index (χ4v) is 7.85. The molecule has 3 amide bonds. The number of imide groups is 1. The molecule has 1 heterocycles. The first kappa shape index (κ1) is 24.7. The van der Waals surface area contributed by atoms with Gasteiger partial charge in [0, 0.05) is 23.1 Å². The SMILES string of the molecule is CCc1cc(Br)ccc1NC(=O)CCN1C(=O)[C@@H]2[C@H](C1=O)C1(Cl)c3ccccc3C2(Cl)c2ccccc21. The maximum atomic E-state index is 13.8. The second-order valence-electron chi connectivity index (χ2n) is 9.75. The predicted molar refractivity (Wildman–Crippen MR) is 147 cm³/mol. The maximum Gasteiger partial charge on any atom is 0.235 e. The van der Waals surface area contributed by atoms with Gasteiger partial charge in [0.25, 0.3) is 0 Å². The van der Waals surface area contributed by atoms with Gasteiger partial charge in [-0.05, 0) is 52.4 Å². The number of amides is 3. The second-order valence-corrected chi connectivity index (χ2v) is 11.9. The van der Waals surface area contributed by atoms with Gasteiger partial charge in [-0.3, -0.25) is 19.3 Å². The standard InChI is InChI=1S/C29H23BrCl2N2O3/c1-2-16-15-17(30)11-12-22(16)33-23(35)13-14-34-26(36)24-25(27(34)37)29(32)19-8-4-3-7-18(19)28(24,31)20-9-5-6-10-21(20)29/h3-12,15,24-25H,2,13-14H2,1H3,(H,33,35)/t24-,25+,28?,29?. The number of hydrogen-bond donors (Lipinski definition) is 1. The molecule has 0 saturated carbocycles. The van der Waals surface area contributed by atoms with Crippen molar-refractivity contribution in [3.05, 3.63) is 99.0 Å². The third-order valence-corrected chi connectivity index (χ3v) is 9.74. The molecule has 0 unspecified atom stereocenters. The van der Waals surface area contributed by atoms with Gasteiger partial charge < -0.3 is 5.32 Å². The molecule has 37 heavy (non-hydrogen) atoms. The van der Waals surface area contributed by atoms with Crippen LogP contribution >= 0.6 is 39.1 Å². The molecule has 1 N–H and O–H groups in total. The Bertz CT molecular complexity index is 1370. The Morgan fingerprint density at radius 1 is 0.892 bits per heavy atom. The van der Waals surface area contributed by atoms with Crippen LogP contribution in [0.2, 0.25) is 0 Å². The Morgan fingerprint density at radius 2 is 1.38 bits per heavy atom. The largest absolute Gasteiger partial charge is 0.326 e. The van der Waals surface area contributed by atoms with E-state index in [9.17, 15) is 14.4 Å². The average molecular weight is 598 g/mol. The van der Waals surface area contributed by atoms with Crippen LogP contribution in [-0.2, 0) is 30.6 Å². The third kappa shape index (κ3) is 3.32. The molecule has 5 nitrogen and oxygen atoms in total. The van der Waals surface area contributed by atoms with E-state index in [0.717, 1.165) is 38.7 Å². The van der Waals surface area contributed by atoms with E-state index >= 15 is 0 Å². The Morgan fingerprint density at radius 3 is 1.84 bits per heavy atom. The number of hydrogen-bond acceptors (Lipinski definition) is 3. The molecule has 1 aliphatic heterocycles. The van der Waals surface area contributed by atoms with Gasteiger partial charge in [0.15, 0.2) is 0 Å². The van der Waals surface area contributed by atoms with E-state index < -0.39 is 21.6 Å². The molecule has 0 radical (unpaired) electrons. The average Bonchev–Trinajstić information content (AvgIpc) is 3.17. The van der Waals surface area contributed by atoms with Crippen molar-refractivity contribution in [2.24, 2.45) is 11.8 Å². The molecule has 2 atom stereocenters. The summed E-state index contributed by atoms with van der Waals surface area (Å²) in [5, 5.41) is 2.92. The van der Waals surface area contributed by atoms with Gasteiger partial charge in [0.05, 0.1) is 11.8 Å². The lowest BCUT2D eigenvalue weighted by Crippen LogP contribution is -2.57. The summed E-state index contributed by atoms with van der Waals surface area (Å²) >= 11 is 18.3. The van der Waals surface area contributed by atoms with E-state index in [0.29, 0.717) is 5.69 Å². The number of rotatable bonds is 5. The van der Waals surface area contributed by atoms with Crippen molar-refractivity contribution < 1.29 is 14.4 Å². The second kappa shape index (κ2) is 8.69. The van der Waals surface area contributed by atoms with E-state index in [2.05, 4.69) is 21.2 Å². The zero-order chi connectivity index (χ0) is 26.1. The molecular formula is C29H23BrCl2N2O3. The summed E-state index contributed by atoms with van der Waals surface area (Å²) < 4.78 is 0.930. The van der Waals surface area contributed by atoms with Crippen molar-refractivity contribution in [3.8, 4) is 0 Å². The molecule has 2 bridgehead atoms. The molecule has 3 aromatic carbocycles. The van der Waals surface area contributed by atoms with Crippen molar-refractivity contribution in [2.45, 2.75) is 29.5 Å². The van der Waals surface area contributed by atoms with Crippen LogP contribution in [0.15, 0.2) is 71.2 Å². The summed E-state index contributed by atoms with van der Waals surface area (Å²) in [7, 11) is 0. The lowest BCUT2D eigenvalue weighted by Gasteiger charge is -2.54. The van der Waals surface area contributed by atoms with Gasteiger partial charge in [0.2, 0.25) is 17.7 Å². The minimum atomic E-state index is -1.22. The highest BCUT2D eigenvalue weighted by molar-refractivity contribution is 9.10. The quantitative estimate of drug-likeness (QED) is 0.293. The maximum absolute atomic E-state index is 13.8. The molecule has 8 heteroatoms. The van der Waals surface area contributed by atoms with E-state index in [1.807, 2.05) is 73.7 Å². The van der Waals surface area contributed by atoms with E-state index in [-0.39, 0.29) is 30.7 Å². The first-order valence-corrected chi connectivity index (χ1v) is 13.8. The number of alkyl halides is 2. The third-order valence-electron chi connectivity index (χ3n) is 7.96. The molecule has 0 aromatic heterocycles. The highest BCUT2D eigenvalue weighted by atomic mass is 79.9. The number of carbonyl (C=O) groups is 3. The summed E-state index contributed by atoms with van der Waals surface area (Å²) in [6, 6.07) is 20.7. The lowest BCUT2D eigenvalue weighted by molar-refractivity contribution is -0.140. The number of nitrogens with one attached hydrogen (secondary N) is 1. The van der Waals surface area contributed by atoms with Gasteiger partial charge in [0.1, 0.15) is 9.75 Å². The summed E-state index contributed by atoms with van der Waals surface area (Å²) in [6.07, 6.45) is 0.721. The topological polar surface area (TPSA) is 66.5 Å². The van der Waals surface area contributed by atoms with Gasteiger partial charge in [-0.1, -0.05) is 71.4 Å². The minimum Gasteiger partial charge on any atom is -0.326 e. The molecule has 7 rings (SSSR count). The van der Waals surface area contributed by atoms with Crippen LogP contribution in [0.3, 0.4) is 0 Å². The minimum absolute atomic E-state index is 0.0272. The summed E-state index contributed by atoms with van der Waals surface area (Å²) in [4.78, 5) is 39.3. The predicted octanol–water partition coefficient (Wildman–Crippen LogP) is 5.93. The fraction of sp³-hybridized carbons (Fsp3) is 0.276. The van der Waals surface area contributed by atoms with E-state index in [4.69, 9.17) is 23.2 Å². The highest BCUT2D eigenvalue weighted by Crippen LogP contribution is 2.69. The van der Waals surface area contributed by atoms with Crippen molar-refractivity contribution in [3.63, 3.8) is 0 Å². The first-order valence-electron chi connectivity index (χ1n) is 12.2. The van der Waals surface area contributed by atoms with E-state index in [1.54, 1.807) is 0 Å². The molecule has 188 valence electrons. The van der Waals surface area contributed by atoms with E-state index in [1.165, 1.54) is 4.90 Å². The van der Waals surface area contributed by atoms with Crippen molar-refractivity contribution in [1.82, 2.24) is 4.90 Å². The Balaban J connectivity index is 1.32. The zero-order valence-corrected chi connectivity index (χ0v) is 23.0. The molecule has 4 aliphatic rings. The smallest absolute Gasteiger partial charge is 0.235 e. The van der Waals surface area contributed by atoms with Crippen LogP contribution in [0.5, 0.6) is 0 Å². The normalized spacial score (nSPS) is 27.1. The lowest BCUT2D eigenvalue weighted by atomic mass is 9.54. The number of halogens is 3. The zero-order valence-electron chi connectivity index (χ0n) is 19.9. The number of nitrogens with zero attached hydrogens (tertiary/aromatic N) is 1. The van der Waals surface area contributed by atoms with Crippen LogP contribution in [-0.4, -0.2) is 29.2 Å². The fourth-order valence-electron chi connectivity index (χ4n) is 6.35. The van der Waals surface area contributed by atoms with Crippen LogP contribution in [0.4, 0.5) is 5.69 Å². The molecule has 3 aliphatic carbocycles. The molecule has 1 saturated heterocycles. The number of likely N-dealkylation sites (tertiary alicyclic amines) is 1. The van der Waals surface area contributed by atoms with Crippen molar-refractivity contribution in [2.75, 3.05) is 11.9 Å². The summed E-state index contributed by atoms with van der Waals surface area (Å²) in [5.74, 6) is -2.76. The Hall–Kier alpha value is -2.67. The summed E-state index contributed by atoms with van der Waals surface area (Å²) in [6.45, 7) is 1.97. The highest BCUT2D eigenvalue weighted by Gasteiger charge is 2.72. The first-order chi connectivity index (χ1) is 17.7. The van der Waals surface area contributed by atoms with Crippen molar-refractivity contribution >= 4 is 62.5 Å². The Labute approximate surface area is 233 Å². The van der Waals surface area contributed by atoms with Crippen LogP contribution in [0, 0.1) is 11.8 Å². The van der Waals surface area contributed by atoms with Gasteiger partial charge >= 0.3 is 0 Å². The number of anilines is 1. The Kier molecular flexibility index (Phi) is 5.79. The van der Waals surface area contributed by atoms with Crippen molar-refractivity contribution in [1.29, 1.82) is 0 Å². The molecule has 1 fully saturated rings. The summed E-state index contributed by atoms with van der Waals surface area (Å²) in [5.41, 5.74) is 4.74. The molecule has 0 spiro atoms. The number of benzene rings is 3. The molecular weight excluding hydrogens is 575 g/mol. The number of carbonyl (C=O) groups excluding carboxylic acids is 3. The van der Waals surface area contributed by atoms with Crippen LogP contribution < -0.4 is 5.32 Å². The van der Waals surface area contributed by atoms with Crippen LogP contribution in [0.25, 0.3) is 0 Å². The number of aryl methyl sites for hydroxylation is 1. The van der Waals surface area contributed by atoms with Gasteiger partial charge in [-0.2, -0.15) is 0 Å². The van der Waals surface area contributed by atoms with Gasteiger partial charge in [-0.15, -0.1) is 23.2 Å². The monoisotopic (exact) mass is 596 g/mol. The van der Waals surface area contributed by atoms with Crippen LogP contribution in [0.1, 0.15) is 41.2 Å².